The van der Waals surface area contributed by atoms with Crippen molar-refractivity contribution in [2.24, 2.45) is 0 Å². The molecule has 0 aromatic rings. The van der Waals surface area contributed by atoms with Gasteiger partial charge in [0.25, 0.3) is 0 Å². The molecular formula is C6H9Br3Cl2. The highest BCUT2D eigenvalue weighted by molar-refractivity contribution is 9.24. The first kappa shape index (κ1) is 13.0. The lowest BCUT2D eigenvalue weighted by molar-refractivity contribution is 0.606. The highest BCUT2D eigenvalue weighted by atomic mass is 79.9. The van der Waals surface area contributed by atoms with Crippen molar-refractivity contribution >= 4 is 71.0 Å². The zero-order valence-electron chi connectivity index (χ0n) is 5.96. The van der Waals surface area contributed by atoms with Crippen LogP contribution in [0.15, 0.2) is 0 Å². The highest BCUT2D eigenvalue weighted by Gasteiger charge is 2.38. The minimum Gasteiger partial charge on any atom is -0.115 e. The van der Waals surface area contributed by atoms with Gasteiger partial charge in [-0.15, -0.1) is 23.2 Å². The lowest BCUT2D eigenvalue weighted by Crippen LogP contribution is -2.35. The number of hydrogen-bond donors (Lipinski definition) is 0. The third-order valence-electron chi connectivity index (χ3n) is 1.36. The van der Waals surface area contributed by atoms with Gasteiger partial charge in [0, 0.05) is 0 Å². The van der Waals surface area contributed by atoms with Crippen LogP contribution >= 0.6 is 71.0 Å². The second-order valence-corrected chi connectivity index (χ2v) is 7.92. The van der Waals surface area contributed by atoms with Crippen molar-refractivity contribution in [1.29, 1.82) is 0 Å². The van der Waals surface area contributed by atoms with E-state index in [2.05, 4.69) is 54.7 Å². The molecule has 0 radical (unpaired) electrons. The summed E-state index contributed by atoms with van der Waals surface area (Å²) >= 11 is 22.1. The van der Waals surface area contributed by atoms with E-state index in [0.717, 1.165) is 12.8 Å². The van der Waals surface area contributed by atoms with Gasteiger partial charge >= 0.3 is 0 Å². The van der Waals surface area contributed by atoms with Crippen molar-refractivity contribution in [2.45, 2.75) is 32.7 Å². The van der Waals surface area contributed by atoms with Crippen LogP contribution in [0.1, 0.15) is 19.8 Å². The lowest BCUT2D eigenvalue weighted by Gasteiger charge is -2.29. The molecule has 0 aromatic heterocycles. The van der Waals surface area contributed by atoms with Crippen molar-refractivity contribution in [3.8, 4) is 0 Å². The number of hydrogen-bond acceptors (Lipinski definition) is 0. The fourth-order valence-electron chi connectivity index (χ4n) is 0.697. The molecule has 0 saturated carbocycles. The Kier molecular flexibility index (Phi) is 6.73. The maximum absolute atomic E-state index is 6.24. The minimum atomic E-state index is -0.462. The zero-order valence-corrected chi connectivity index (χ0v) is 12.2. The zero-order chi connectivity index (χ0) is 9.07. The quantitative estimate of drug-likeness (QED) is 0.602. The Balaban J connectivity index is 4.26. The summed E-state index contributed by atoms with van der Waals surface area (Å²) in [6.07, 6.45) is 1.86. The fraction of sp³-hybridized carbons (Fsp3) is 1.00. The van der Waals surface area contributed by atoms with E-state index in [4.69, 9.17) is 23.2 Å². The topological polar surface area (TPSA) is 0 Å². The van der Waals surface area contributed by atoms with Crippen molar-refractivity contribution in [2.75, 3.05) is 0 Å². The molecule has 0 bridgehead atoms. The second-order valence-electron chi connectivity index (χ2n) is 2.28. The molecule has 0 rings (SSSR count). The third kappa shape index (κ3) is 3.72. The number of halogens is 5. The first-order valence-corrected chi connectivity index (χ1v) is 6.76. The van der Waals surface area contributed by atoms with Gasteiger partial charge in [0.05, 0.1) is 8.61 Å². The first-order valence-electron chi connectivity index (χ1n) is 3.20. The van der Waals surface area contributed by atoms with Crippen LogP contribution in [0.5, 0.6) is 0 Å². The number of rotatable bonds is 4. The summed E-state index contributed by atoms with van der Waals surface area (Å²) in [4.78, 5) is -0.462. The van der Waals surface area contributed by atoms with Crippen LogP contribution in [0.3, 0.4) is 0 Å². The maximum atomic E-state index is 6.24. The molecule has 0 N–H and O–H groups in total. The molecule has 0 heterocycles. The van der Waals surface area contributed by atoms with E-state index in [1.54, 1.807) is 0 Å². The molecule has 0 aliphatic heterocycles. The van der Waals surface area contributed by atoms with E-state index in [1.807, 2.05) is 0 Å². The Labute approximate surface area is 103 Å². The second kappa shape index (κ2) is 5.69. The van der Waals surface area contributed by atoms with Crippen LogP contribution in [-0.4, -0.2) is 12.9 Å². The number of alkyl halides is 5. The summed E-state index contributed by atoms with van der Waals surface area (Å²) in [6.45, 7) is 2.08. The molecule has 2 unspecified atom stereocenters. The van der Waals surface area contributed by atoms with Crippen molar-refractivity contribution in [1.82, 2.24) is 0 Å². The smallest absolute Gasteiger partial charge is 0.110 e. The first-order chi connectivity index (χ1) is 4.95. The predicted octanol–water partition coefficient (Wildman–Crippen LogP) is 4.84. The monoisotopic (exact) mass is 388 g/mol. The summed E-state index contributed by atoms with van der Waals surface area (Å²) in [5.41, 5.74) is 0. The van der Waals surface area contributed by atoms with Crippen molar-refractivity contribution < 1.29 is 0 Å². The summed E-state index contributed by atoms with van der Waals surface area (Å²) in [5.74, 6) is 0. The van der Waals surface area contributed by atoms with Crippen LogP contribution in [0.25, 0.3) is 0 Å². The third-order valence-corrected chi connectivity index (χ3v) is 5.73. The van der Waals surface area contributed by atoms with Crippen LogP contribution in [0, 0.1) is 0 Å². The van der Waals surface area contributed by atoms with Crippen molar-refractivity contribution in [3.63, 3.8) is 0 Å². The summed E-state index contributed by atoms with van der Waals surface area (Å²) in [7, 11) is 0. The standard InChI is InChI=1S/C6H9Br3Cl2/c1-2-3-6(11,4(7)8)5(9)10/h4-5H,2-3H2,1H3. The van der Waals surface area contributed by atoms with Gasteiger partial charge in [0.2, 0.25) is 0 Å². The van der Waals surface area contributed by atoms with Gasteiger partial charge in [-0.05, 0) is 6.42 Å². The summed E-state index contributed by atoms with van der Waals surface area (Å²) in [6, 6.07) is 0. The predicted molar refractivity (Wildman–Crippen MR) is 63.7 cm³/mol. The molecule has 0 aliphatic rings. The van der Waals surface area contributed by atoms with E-state index in [1.165, 1.54) is 0 Å². The average molecular weight is 392 g/mol. The molecular weight excluding hydrogens is 383 g/mol. The van der Waals surface area contributed by atoms with Gasteiger partial charge in [-0.1, -0.05) is 61.1 Å². The maximum Gasteiger partial charge on any atom is 0.110 e. The Morgan fingerprint density at radius 3 is 1.91 bits per heavy atom. The van der Waals surface area contributed by atoms with Gasteiger partial charge < -0.3 is 0 Å². The Hall–Kier alpha value is 2.02. The molecule has 0 saturated heterocycles. The molecule has 68 valence electrons. The normalized spacial score (nSPS) is 19.9. The molecule has 0 fully saturated rings. The molecule has 11 heavy (non-hydrogen) atoms. The van der Waals surface area contributed by atoms with Crippen LogP contribution in [0.2, 0.25) is 0 Å². The van der Waals surface area contributed by atoms with E-state index in [9.17, 15) is 0 Å². The Morgan fingerprint density at radius 2 is 1.82 bits per heavy atom. The van der Waals surface area contributed by atoms with Gasteiger partial charge in [-0.25, -0.2) is 0 Å². The van der Waals surface area contributed by atoms with E-state index < -0.39 is 4.87 Å². The van der Waals surface area contributed by atoms with Crippen molar-refractivity contribution in [3.05, 3.63) is 0 Å². The van der Waals surface area contributed by atoms with Crippen LogP contribution < -0.4 is 0 Å². The van der Waals surface area contributed by atoms with Gasteiger partial charge in [-0.3, -0.25) is 0 Å². The lowest BCUT2D eigenvalue weighted by atomic mass is 10.1. The Bertz CT molecular complexity index is 108. The molecule has 0 amide bonds. The largest absolute Gasteiger partial charge is 0.115 e. The van der Waals surface area contributed by atoms with Gasteiger partial charge in [0.1, 0.15) is 4.29 Å². The molecule has 0 spiro atoms. The Morgan fingerprint density at radius 1 is 1.36 bits per heavy atom. The molecule has 2 atom stereocenters. The minimum absolute atomic E-state index is 0.0194. The molecule has 0 nitrogen and oxygen atoms in total. The van der Waals surface area contributed by atoms with Gasteiger partial charge in [-0.2, -0.15) is 0 Å². The summed E-state index contributed by atoms with van der Waals surface area (Å²) < 4.78 is -0.216. The van der Waals surface area contributed by atoms with E-state index in [0.29, 0.717) is 0 Å². The van der Waals surface area contributed by atoms with E-state index >= 15 is 0 Å². The van der Waals surface area contributed by atoms with E-state index in [-0.39, 0.29) is 8.02 Å². The molecule has 5 heteroatoms. The molecule has 0 aliphatic carbocycles. The van der Waals surface area contributed by atoms with Crippen LogP contribution in [0.4, 0.5) is 0 Å². The molecule has 0 aromatic carbocycles. The SMILES string of the molecule is CCCC(Cl)(C(Cl)Br)C(Br)Br. The summed E-state index contributed by atoms with van der Waals surface area (Å²) in [5, 5.41) is 0. The average Bonchev–Trinajstić information content (AvgIpc) is 1.87. The van der Waals surface area contributed by atoms with Gasteiger partial charge in [0.15, 0.2) is 0 Å². The fourth-order valence-corrected chi connectivity index (χ4v) is 3.61. The van der Waals surface area contributed by atoms with Crippen LogP contribution in [-0.2, 0) is 0 Å². The highest BCUT2D eigenvalue weighted by Crippen LogP contribution is 2.42.